The van der Waals surface area contributed by atoms with Crippen LogP contribution in [0.2, 0.25) is 0 Å². The summed E-state index contributed by atoms with van der Waals surface area (Å²) in [7, 11) is 1.57. The minimum atomic E-state index is -1.06. The summed E-state index contributed by atoms with van der Waals surface area (Å²) >= 11 is 0. The molecule has 0 bridgehead atoms. The molecule has 0 saturated heterocycles. The van der Waals surface area contributed by atoms with Crippen LogP contribution in [0, 0.1) is 6.92 Å². The van der Waals surface area contributed by atoms with E-state index in [1.54, 1.807) is 31.4 Å². The Hall–Kier alpha value is -2.82. The first-order valence-electron chi connectivity index (χ1n) is 6.30. The lowest BCUT2D eigenvalue weighted by atomic mass is 10.1. The molecule has 5 heteroatoms. The molecule has 0 atom stereocenters. The Labute approximate surface area is 122 Å². The lowest BCUT2D eigenvalue weighted by molar-refractivity contribution is 0.0697. The number of carbonyl (C=O) groups excluding carboxylic acids is 1. The molecular formula is C16H15NO4. The molecule has 2 N–H and O–H groups in total. The number of aryl methyl sites for hydroxylation is 1. The first-order valence-corrected chi connectivity index (χ1v) is 6.30. The first-order chi connectivity index (χ1) is 10.0. The highest BCUT2D eigenvalue weighted by Gasteiger charge is 2.11. The summed E-state index contributed by atoms with van der Waals surface area (Å²) in [4.78, 5) is 23.1. The Kier molecular flexibility index (Phi) is 4.23. The van der Waals surface area contributed by atoms with Crippen molar-refractivity contribution in [2.75, 3.05) is 12.4 Å². The minimum absolute atomic E-state index is 0.0779. The second-order valence-electron chi connectivity index (χ2n) is 4.52. The van der Waals surface area contributed by atoms with E-state index in [1.165, 1.54) is 12.1 Å². The van der Waals surface area contributed by atoms with Crippen LogP contribution in [0.5, 0.6) is 5.75 Å². The predicted octanol–water partition coefficient (Wildman–Crippen LogP) is 2.95. The molecule has 0 unspecified atom stereocenters. The molecule has 0 spiro atoms. The third-order valence-corrected chi connectivity index (χ3v) is 3.05. The van der Waals surface area contributed by atoms with Gasteiger partial charge < -0.3 is 15.2 Å². The van der Waals surface area contributed by atoms with Gasteiger partial charge in [-0.05, 0) is 48.9 Å². The number of hydrogen-bond acceptors (Lipinski definition) is 3. The molecule has 5 nitrogen and oxygen atoms in total. The monoisotopic (exact) mass is 285 g/mol. The molecular weight excluding hydrogens is 270 g/mol. The zero-order chi connectivity index (χ0) is 15.4. The van der Waals surface area contributed by atoms with Crippen molar-refractivity contribution >= 4 is 17.6 Å². The van der Waals surface area contributed by atoms with Gasteiger partial charge in [-0.1, -0.05) is 6.07 Å². The molecule has 108 valence electrons. The van der Waals surface area contributed by atoms with E-state index < -0.39 is 5.97 Å². The van der Waals surface area contributed by atoms with E-state index in [2.05, 4.69) is 5.32 Å². The van der Waals surface area contributed by atoms with Gasteiger partial charge in [0.05, 0.1) is 12.7 Å². The number of amides is 1. The van der Waals surface area contributed by atoms with Gasteiger partial charge in [0.15, 0.2) is 0 Å². The highest BCUT2D eigenvalue weighted by Crippen LogP contribution is 2.21. The van der Waals surface area contributed by atoms with Gasteiger partial charge in [-0.2, -0.15) is 0 Å². The van der Waals surface area contributed by atoms with Gasteiger partial charge in [0, 0.05) is 11.3 Å². The molecule has 21 heavy (non-hydrogen) atoms. The van der Waals surface area contributed by atoms with Gasteiger partial charge in [0.2, 0.25) is 0 Å². The summed E-state index contributed by atoms with van der Waals surface area (Å²) in [6, 6.07) is 11.2. The van der Waals surface area contributed by atoms with Crippen LogP contribution in [0.4, 0.5) is 5.69 Å². The fourth-order valence-electron chi connectivity index (χ4n) is 1.89. The summed E-state index contributed by atoms with van der Waals surface area (Å²) in [5.41, 5.74) is 1.89. The Morgan fingerprint density at radius 1 is 1.10 bits per heavy atom. The standard InChI is InChI=1S/C16H15NO4/c1-10-8-13(21-2)6-7-14(10)17-15(18)11-4-3-5-12(9-11)16(19)20/h3-9H,1-2H3,(H,17,18)(H,19,20). The Bertz CT molecular complexity index is 694. The van der Waals surface area contributed by atoms with Crippen LogP contribution in [0.15, 0.2) is 42.5 Å². The van der Waals surface area contributed by atoms with Crippen LogP contribution in [0.25, 0.3) is 0 Å². The van der Waals surface area contributed by atoms with E-state index in [-0.39, 0.29) is 11.5 Å². The van der Waals surface area contributed by atoms with E-state index in [0.29, 0.717) is 17.0 Å². The number of carboxylic acids is 1. The van der Waals surface area contributed by atoms with E-state index in [0.717, 1.165) is 5.56 Å². The molecule has 0 aliphatic heterocycles. The summed E-state index contributed by atoms with van der Waals surface area (Å²) in [5, 5.41) is 11.7. The minimum Gasteiger partial charge on any atom is -0.497 e. The number of aromatic carboxylic acids is 1. The third kappa shape index (κ3) is 3.39. The fraction of sp³-hybridized carbons (Fsp3) is 0.125. The van der Waals surface area contributed by atoms with Crippen molar-refractivity contribution in [3.05, 3.63) is 59.2 Å². The van der Waals surface area contributed by atoms with Gasteiger partial charge in [0.25, 0.3) is 5.91 Å². The predicted molar refractivity (Wildman–Crippen MR) is 79.1 cm³/mol. The molecule has 2 aromatic carbocycles. The van der Waals surface area contributed by atoms with Gasteiger partial charge in [-0.15, -0.1) is 0 Å². The van der Waals surface area contributed by atoms with E-state index in [4.69, 9.17) is 9.84 Å². The quantitative estimate of drug-likeness (QED) is 0.905. The number of hydrogen-bond donors (Lipinski definition) is 2. The molecule has 1 amide bonds. The van der Waals surface area contributed by atoms with Crippen molar-refractivity contribution in [3.8, 4) is 5.75 Å². The maximum Gasteiger partial charge on any atom is 0.335 e. The number of methoxy groups -OCH3 is 1. The van der Waals surface area contributed by atoms with E-state index in [1.807, 2.05) is 13.0 Å². The Balaban J connectivity index is 2.22. The third-order valence-electron chi connectivity index (χ3n) is 3.05. The summed E-state index contributed by atoms with van der Waals surface area (Å²) in [6.45, 7) is 1.85. The Morgan fingerprint density at radius 3 is 2.43 bits per heavy atom. The topological polar surface area (TPSA) is 75.6 Å². The SMILES string of the molecule is COc1ccc(NC(=O)c2cccc(C(=O)O)c2)c(C)c1. The lowest BCUT2D eigenvalue weighted by Gasteiger charge is -2.10. The summed E-state index contributed by atoms with van der Waals surface area (Å²) in [6.07, 6.45) is 0. The molecule has 0 aliphatic carbocycles. The number of benzene rings is 2. The summed E-state index contributed by atoms with van der Waals surface area (Å²) < 4.78 is 5.10. The molecule has 0 fully saturated rings. The van der Waals surface area contributed by atoms with Crippen molar-refractivity contribution in [1.82, 2.24) is 0 Å². The lowest BCUT2D eigenvalue weighted by Crippen LogP contribution is -2.13. The molecule has 2 aromatic rings. The van der Waals surface area contributed by atoms with Crippen molar-refractivity contribution in [1.29, 1.82) is 0 Å². The number of carbonyl (C=O) groups is 2. The number of carboxylic acid groups (broad SMARTS) is 1. The summed E-state index contributed by atoms with van der Waals surface area (Å²) in [5.74, 6) is -0.713. The average Bonchev–Trinajstić information content (AvgIpc) is 2.49. The van der Waals surface area contributed by atoms with E-state index in [9.17, 15) is 9.59 Å². The van der Waals surface area contributed by atoms with Gasteiger partial charge in [-0.25, -0.2) is 4.79 Å². The normalized spacial score (nSPS) is 10.0. The van der Waals surface area contributed by atoms with Crippen LogP contribution in [0.3, 0.4) is 0 Å². The first kappa shape index (κ1) is 14.6. The maximum absolute atomic E-state index is 12.2. The second-order valence-corrected chi connectivity index (χ2v) is 4.52. The number of anilines is 1. The number of ether oxygens (including phenoxy) is 1. The van der Waals surface area contributed by atoms with Crippen LogP contribution in [-0.4, -0.2) is 24.1 Å². The molecule has 0 radical (unpaired) electrons. The number of nitrogens with one attached hydrogen (secondary N) is 1. The molecule has 0 aromatic heterocycles. The highest BCUT2D eigenvalue weighted by molar-refractivity contribution is 6.05. The average molecular weight is 285 g/mol. The van der Waals surface area contributed by atoms with Crippen molar-refractivity contribution in [2.45, 2.75) is 6.92 Å². The van der Waals surface area contributed by atoms with Crippen molar-refractivity contribution in [3.63, 3.8) is 0 Å². The smallest absolute Gasteiger partial charge is 0.335 e. The van der Waals surface area contributed by atoms with Gasteiger partial charge in [-0.3, -0.25) is 4.79 Å². The zero-order valence-electron chi connectivity index (χ0n) is 11.7. The Morgan fingerprint density at radius 2 is 1.81 bits per heavy atom. The zero-order valence-corrected chi connectivity index (χ0v) is 11.7. The van der Waals surface area contributed by atoms with Crippen molar-refractivity contribution < 1.29 is 19.4 Å². The molecule has 0 aliphatic rings. The molecule has 0 heterocycles. The van der Waals surface area contributed by atoms with Crippen LogP contribution >= 0.6 is 0 Å². The maximum atomic E-state index is 12.2. The van der Waals surface area contributed by atoms with Crippen molar-refractivity contribution in [2.24, 2.45) is 0 Å². The van der Waals surface area contributed by atoms with Gasteiger partial charge >= 0.3 is 5.97 Å². The van der Waals surface area contributed by atoms with Crippen LogP contribution in [-0.2, 0) is 0 Å². The number of rotatable bonds is 4. The fourth-order valence-corrected chi connectivity index (χ4v) is 1.89. The van der Waals surface area contributed by atoms with E-state index >= 15 is 0 Å². The second kappa shape index (κ2) is 6.09. The van der Waals surface area contributed by atoms with Crippen LogP contribution in [0.1, 0.15) is 26.3 Å². The highest BCUT2D eigenvalue weighted by atomic mass is 16.5. The largest absolute Gasteiger partial charge is 0.497 e. The van der Waals surface area contributed by atoms with Gasteiger partial charge in [0.1, 0.15) is 5.75 Å². The van der Waals surface area contributed by atoms with Crippen LogP contribution < -0.4 is 10.1 Å². The molecule has 2 rings (SSSR count). The molecule has 0 saturated carbocycles.